The predicted octanol–water partition coefficient (Wildman–Crippen LogP) is 3.54. The van der Waals surface area contributed by atoms with Gasteiger partial charge in [-0.05, 0) is 24.3 Å². The first-order valence-corrected chi connectivity index (χ1v) is 9.39. The molecule has 4 rings (SSSR count). The lowest BCUT2D eigenvalue weighted by atomic mass is 10.2. The smallest absolute Gasteiger partial charge is 0.275 e. The summed E-state index contributed by atoms with van der Waals surface area (Å²) in [5.41, 5.74) is 0.912. The Balaban J connectivity index is 1.60. The molecule has 0 aliphatic heterocycles. The third kappa shape index (κ3) is 3.64. The van der Waals surface area contributed by atoms with Crippen LogP contribution in [0.25, 0.3) is 15.5 Å². The van der Waals surface area contributed by atoms with Gasteiger partial charge in [-0.1, -0.05) is 47.2 Å². The Morgan fingerprint density at radius 2 is 2.00 bits per heavy atom. The molecule has 2 aromatic heterocycles. The minimum absolute atomic E-state index is 0.0282. The second kappa shape index (κ2) is 7.49. The molecule has 4 aromatic rings. The van der Waals surface area contributed by atoms with Crippen molar-refractivity contribution in [3.8, 4) is 10.6 Å². The van der Waals surface area contributed by atoms with Crippen LogP contribution in [0, 0.1) is 5.82 Å². The number of fused-ring (bicyclic) bond motifs is 1. The Morgan fingerprint density at radius 3 is 2.79 bits per heavy atom. The first-order chi connectivity index (χ1) is 13.5. The van der Waals surface area contributed by atoms with E-state index in [1.54, 1.807) is 6.07 Å². The zero-order valence-electron chi connectivity index (χ0n) is 14.2. The molecule has 0 spiro atoms. The normalized spacial score (nSPS) is 10.9. The molecular formula is C19H12ClFN4O2S. The third-order valence-electron chi connectivity index (χ3n) is 3.92. The van der Waals surface area contributed by atoms with E-state index >= 15 is 0 Å². The first kappa shape index (κ1) is 18.3. The van der Waals surface area contributed by atoms with Crippen LogP contribution in [0.3, 0.4) is 0 Å². The van der Waals surface area contributed by atoms with Gasteiger partial charge in [0, 0.05) is 17.2 Å². The summed E-state index contributed by atoms with van der Waals surface area (Å²) in [6, 6.07) is 13.8. The van der Waals surface area contributed by atoms with Crippen LogP contribution in [0.5, 0.6) is 0 Å². The number of benzene rings is 2. The molecule has 140 valence electrons. The lowest BCUT2D eigenvalue weighted by molar-refractivity contribution is 0.0950. The second-order valence-electron chi connectivity index (χ2n) is 5.86. The first-order valence-electron chi connectivity index (χ1n) is 8.20. The van der Waals surface area contributed by atoms with Crippen LogP contribution in [0.2, 0.25) is 5.02 Å². The molecule has 0 unspecified atom stereocenters. The summed E-state index contributed by atoms with van der Waals surface area (Å²) >= 11 is 7.42. The van der Waals surface area contributed by atoms with E-state index in [9.17, 15) is 14.0 Å². The number of halogens is 2. The number of nitrogens with zero attached hydrogens (tertiary/aromatic N) is 3. The molecule has 2 heterocycles. The summed E-state index contributed by atoms with van der Waals surface area (Å²) in [5, 5.41) is 8.00. The van der Waals surface area contributed by atoms with Crippen LogP contribution in [0.1, 0.15) is 16.1 Å². The Bertz CT molecular complexity index is 1250. The third-order valence-corrected chi connectivity index (χ3v) is 5.19. The monoisotopic (exact) mass is 414 g/mol. The Hall–Kier alpha value is -3.10. The minimum Gasteiger partial charge on any atom is -0.346 e. The van der Waals surface area contributed by atoms with E-state index in [4.69, 9.17) is 11.6 Å². The van der Waals surface area contributed by atoms with Gasteiger partial charge in [0.1, 0.15) is 10.8 Å². The highest BCUT2D eigenvalue weighted by Gasteiger charge is 2.13. The van der Waals surface area contributed by atoms with Gasteiger partial charge < -0.3 is 5.32 Å². The molecule has 1 N–H and O–H groups in total. The van der Waals surface area contributed by atoms with Crippen molar-refractivity contribution in [1.82, 2.24) is 19.9 Å². The van der Waals surface area contributed by atoms with Gasteiger partial charge in [0.15, 0.2) is 0 Å². The van der Waals surface area contributed by atoms with E-state index in [1.165, 1.54) is 40.1 Å². The Labute approximate surface area is 167 Å². The van der Waals surface area contributed by atoms with Crippen molar-refractivity contribution in [3.05, 3.63) is 87.0 Å². The topological polar surface area (TPSA) is 76.4 Å². The van der Waals surface area contributed by atoms with E-state index in [0.29, 0.717) is 26.2 Å². The highest BCUT2D eigenvalue weighted by molar-refractivity contribution is 7.19. The van der Waals surface area contributed by atoms with Gasteiger partial charge in [-0.3, -0.25) is 9.59 Å². The summed E-state index contributed by atoms with van der Waals surface area (Å²) in [6.07, 6.45) is 0. The molecule has 2 aromatic carbocycles. The Morgan fingerprint density at radius 1 is 1.18 bits per heavy atom. The predicted molar refractivity (Wildman–Crippen MR) is 105 cm³/mol. The van der Waals surface area contributed by atoms with Crippen LogP contribution in [0.4, 0.5) is 4.39 Å². The van der Waals surface area contributed by atoms with E-state index < -0.39 is 11.7 Å². The van der Waals surface area contributed by atoms with Crippen molar-refractivity contribution < 1.29 is 9.18 Å². The van der Waals surface area contributed by atoms with E-state index in [2.05, 4.69) is 15.4 Å². The SMILES string of the molecule is O=C(NCc1cc(=O)n2nc(-c3ccccc3Cl)sc2n1)c1cccc(F)c1. The van der Waals surface area contributed by atoms with Crippen LogP contribution < -0.4 is 10.9 Å². The van der Waals surface area contributed by atoms with Crippen molar-refractivity contribution >= 4 is 33.8 Å². The minimum atomic E-state index is -0.498. The molecule has 0 saturated heterocycles. The Kier molecular flexibility index (Phi) is 4.89. The molecule has 0 saturated carbocycles. The summed E-state index contributed by atoms with van der Waals surface area (Å²) in [6.45, 7) is 0.0282. The fourth-order valence-corrected chi connectivity index (χ4v) is 3.84. The molecule has 9 heteroatoms. The van der Waals surface area contributed by atoms with Gasteiger partial charge >= 0.3 is 0 Å². The molecule has 0 bridgehead atoms. The average Bonchev–Trinajstić information content (AvgIpc) is 3.11. The second-order valence-corrected chi connectivity index (χ2v) is 7.22. The maximum Gasteiger partial charge on any atom is 0.275 e. The van der Waals surface area contributed by atoms with Crippen molar-refractivity contribution in [2.45, 2.75) is 6.54 Å². The summed E-state index contributed by atoms with van der Waals surface area (Å²) in [4.78, 5) is 29.3. The summed E-state index contributed by atoms with van der Waals surface area (Å²) in [5.74, 6) is -0.954. The van der Waals surface area contributed by atoms with E-state index in [0.717, 1.165) is 6.07 Å². The van der Waals surface area contributed by atoms with Crippen molar-refractivity contribution in [1.29, 1.82) is 0 Å². The number of carbonyl (C=O) groups is 1. The van der Waals surface area contributed by atoms with Crippen molar-refractivity contribution in [2.75, 3.05) is 0 Å². The van der Waals surface area contributed by atoms with Crippen molar-refractivity contribution in [2.24, 2.45) is 0 Å². The lowest BCUT2D eigenvalue weighted by Crippen LogP contribution is -2.25. The molecule has 0 radical (unpaired) electrons. The molecule has 0 atom stereocenters. The molecule has 0 aliphatic carbocycles. The fourth-order valence-electron chi connectivity index (χ4n) is 2.59. The van der Waals surface area contributed by atoms with Crippen molar-refractivity contribution in [3.63, 3.8) is 0 Å². The number of aromatic nitrogens is 3. The van der Waals surface area contributed by atoms with Gasteiger partial charge in [0.05, 0.1) is 17.3 Å². The van der Waals surface area contributed by atoms with E-state index in [1.807, 2.05) is 18.2 Å². The van der Waals surface area contributed by atoms with Crippen LogP contribution in [0.15, 0.2) is 59.4 Å². The lowest BCUT2D eigenvalue weighted by Gasteiger charge is -2.04. The summed E-state index contributed by atoms with van der Waals surface area (Å²) in [7, 11) is 0. The molecule has 1 amide bonds. The van der Waals surface area contributed by atoms with E-state index in [-0.39, 0.29) is 17.7 Å². The number of hydrogen-bond acceptors (Lipinski definition) is 5. The zero-order valence-corrected chi connectivity index (χ0v) is 15.8. The molecular weight excluding hydrogens is 403 g/mol. The molecule has 28 heavy (non-hydrogen) atoms. The van der Waals surface area contributed by atoms with Gasteiger partial charge in [-0.15, -0.1) is 0 Å². The standard InChI is InChI=1S/C19H12ClFN4O2S/c20-15-7-2-1-6-14(15)18-24-25-16(26)9-13(23-19(25)28-18)10-22-17(27)11-4-3-5-12(21)8-11/h1-9H,10H2,(H,22,27). The zero-order chi connectivity index (χ0) is 19.7. The van der Waals surface area contributed by atoms with Crippen LogP contribution in [-0.4, -0.2) is 20.5 Å². The van der Waals surface area contributed by atoms with Gasteiger partial charge in [-0.2, -0.15) is 9.61 Å². The fraction of sp³-hybridized carbons (Fsp3) is 0.0526. The number of amides is 1. The van der Waals surface area contributed by atoms with Crippen LogP contribution in [-0.2, 0) is 6.54 Å². The number of rotatable bonds is 4. The quantitative estimate of drug-likeness (QED) is 0.554. The largest absolute Gasteiger partial charge is 0.346 e. The highest BCUT2D eigenvalue weighted by atomic mass is 35.5. The number of hydrogen-bond donors (Lipinski definition) is 1. The highest BCUT2D eigenvalue weighted by Crippen LogP contribution is 2.30. The van der Waals surface area contributed by atoms with Gasteiger partial charge in [0.25, 0.3) is 11.5 Å². The molecule has 0 aliphatic rings. The number of carbonyl (C=O) groups excluding carboxylic acids is 1. The molecule has 0 fully saturated rings. The van der Waals surface area contributed by atoms with Crippen LogP contribution >= 0.6 is 22.9 Å². The maximum absolute atomic E-state index is 13.2. The van der Waals surface area contributed by atoms with Gasteiger partial charge in [0.2, 0.25) is 4.96 Å². The molecule has 6 nitrogen and oxygen atoms in total. The maximum atomic E-state index is 13.2. The average molecular weight is 415 g/mol. The van der Waals surface area contributed by atoms with Gasteiger partial charge in [-0.25, -0.2) is 9.37 Å². The summed E-state index contributed by atoms with van der Waals surface area (Å²) < 4.78 is 14.4. The number of nitrogens with one attached hydrogen (secondary N) is 1.